The summed E-state index contributed by atoms with van der Waals surface area (Å²) in [5.74, 6) is 0.571. The van der Waals surface area contributed by atoms with Crippen LogP contribution in [0.2, 0.25) is 0 Å². The summed E-state index contributed by atoms with van der Waals surface area (Å²) < 4.78 is 13.1. The summed E-state index contributed by atoms with van der Waals surface area (Å²) in [6.07, 6.45) is 4.39. The normalized spacial score (nSPS) is 12.9. The molecule has 0 fully saturated rings. The highest BCUT2D eigenvalue weighted by Gasteiger charge is 2.10. The lowest BCUT2D eigenvalue weighted by Gasteiger charge is -2.20. The van der Waals surface area contributed by atoms with Crippen LogP contribution >= 0.6 is 0 Å². The number of rotatable bonds is 8. The van der Waals surface area contributed by atoms with Gasteiger partial charge < -0.3 is 5.32 Å². The van der Waals surface area contributed by atoms with Crippen molar-refractivity contribution in [3.8, 4) is 0 Å². The van der Waals surface area contributed by atoms with E-state index >= 15 is 0 Å². The Morgan fingerprint density at radius 1 is 1.28 bits per heavy atom. The van der Waals surface area contributed by atoms with Gasteiger partial charge in [0, 0.05) is 6.04 Å². The van der Waals surface area contributed by atoms with Crippen molar-refractivity contribution in [3.05, 3.63) is 35.6 Å². The molecular formula is C16H26FN. The standard InChI is InChI=1S/C16H26FN/c1-4-10-18-16(11-13(2)3)9-8-14-6-5-7-15(17)12-14/h5-7,12-13,16,18H,4,8-11H2,1-3H3. The number of hydrogen-bond donors (Lipinski definition) is 1. The molecule has 1 unspecified atom stereocenters. The van der Waals surface area contributed by atoms with Crippen molar-refractivity contribution in [1.82, 2.24) is 5.32 Å². The highest BCUT2D eigenvalue weighted by molar-refractivity contribution is 5.16. The van der Waals surface area contributed by atoms with E-state index in [0.29, 0.717) is 12.0 Å². The molecule has 0 bridgehead atoms. The van der Waals surface area contributed by atoms with Gasteiger partial charge in [-0.05, 0) is 55.8 Å². The van der Waals surface area contributed by atoms with Crippen LogP contribution < -0.4 is 5.32 Å². The van der Waals surface area contributed by atoms with Gasteiger partial charge >= 0.3 is 0 Å². The Morgan fingerprint density at radius 2 is 2.06 bits per heavy atom. The minimum absolute atomic E-state index is 0.130. The summed E-state index contributed by atoms with van der Waals surface area (Å²) in [6, 6.07) is 7.50. The maximum atomic E-state index is 13.1. The molecule has 102 valence electrons. The van der Waals surface area contributed by atoms with Crippen molar-refractivity contribution in [2.45, 2.75) is 52.5 Å². The van der Waals surface area contributed by atoms with Crippen LogP contribution in [0.5, 0.6) is 0 Å². The van der Waals surface area contributed by atoms with Crippen LogP contribution in [0.15, 0.2) is 24.3 Å². The molecule has 1 nitrogen and oxygen atoms in total. The zero-order valence-electron chi connectivity index (χ0n) is 11.9. The van der Waals surface area contributed by atoms with Crippen molar-refractivity contribution in [1.29, 1.82) is 0 Å². The fourth-order valence-corrected chi connectivity index (χ4v) is 2.25. The lowest BCUT2D eigenvalue weighted by molar-refractivity contribution is 0.398. The topological polar surface area (TPSA) is 12.0 Å². The Bertz CT molecular complexity index is 336. The first kappa shape index (κ1) is 15.2. The van der Waals surface area contributed by atoms with E-state index < -0.39 is 0 Å². The summed E-state index contributed by atoms with van der Waals surface area (Å²) in [7, 11) is 0. The lowest BCUT2D eigenvalue weighted by Crippen LogP contribution is -2.31. The molecule has 0 spiro atoms. The van der Waals surface area contributed by atoms with E-state index in [2.05, 4.69) is 26.1 Å². The predicted molar refractivity (Wildman–Crippen MR) is 76.3 cm³/mol. The molecule has 1 rings (SSSR count). The van der Waals surface area contributed by atoms with Gasteiger partial charge in [0.15, 0.2) is 0 Å². The van der Waals surface area contributed by atoms with Crippen molar-refractivity contribution in [2.75, 3.05) is 6.54 Å². The first-order valence-electron chi connectivity index (χ1n) is 7.09. The quantitative estimate of drug-likeness (QED) is 0.731. The monoisotopic (exact) mass is 251 g/mol. The van der Waals surface area contributed by atoms with Gasteiger partial charge in [-0.1, -0.05) is 32.9 Å². The number of nitrogens with one attached hydrogen (secondary N) is 1. The van der Waals surface area contributed by atoms with Crippen LogP contribution in [0.1, 0.15) is 45.6 Å². The fourth-order valence-electron chi connectivity index (χ4n) is 2.25. The van der Waals surface area contributed by atoms with Crippen LogP contribution in [0.25, 0.3) is 0 Å². The van der Waals surface area contributed by atoms with Gasteiger partial charge in [-0.15, -0.1) is 0 Å². The third kappa shape index (κ3) is 6.15. The van der Waals surface area contributed by atoms with E-state index in [9.17, 15) is 4.39 Å². The molecule has 0 aliphatic carbocycles. The number of hydrogen-bond acceptors (Lipinski definition) is 1. The first-order valence-corrected chi connectivity index (χ1v) is 7.09. The Morgan fingerprint density at radius 3 is 2.67 bits per heavy atom. The zero-order chi connectivity index (χ0) is 13.4. The van der Waals surface area contributed by atoms with E-state index in [0.717, 1.165) is 31.4 Å². The highest BCUT2D eigenvalue weighted by atomic mass is 19.1. The van der Waals surface area contributed by atoms with Gasteiger partial charge in [0.05, 0.1) is 0 Å². The highest BCUT2D eigenvalue weighted by Crippen LogP contribution is 2.13. The Hall–Kier alpha value is -0.890. The minimum Gasteiger partial charge on any atom is -0.314 e. The lowest BCUT2D eigenvalue weighted by atomic mass is 9.97. The summed E-state index contributed by atoms with van der Waals surface area (Å²) in [5, 5.41) is 3.59. The van der Waals surface area contributed by atoms with Gasteiger partial charge in [-0.2, -0.15) is 0 Å². The van der Waals surface area contributed by atoms with Crippen LogP contribution in [0.3, 0.4) is 0 Å². The van der Waals surface area contributed by atoms with Crippen LogP contribution in [-0.2, 0) is 6.42 Å². The molecular weight excluding hydrogens is 225 g/mol. The van der Waals surface area contributed by atoms with E-state index in [1.165, 1.54) is 12.5 Å². The molecule has 0 saturated heterocycles. The first-order chi connectivity index (χ1) is 8.61. The van der Waals surface area contributed by atoms with Crippen molar-refractivity contribution < 1.29 is 4.39 Å². The molecule has 18 heavy (non-hydrogen) atoms. The molecule has 1 atom stereocenters. The van der Waals surface area contributed by atoms with Crippen molar-refractivity contribution >= 4 is 0 Å². The van der Waals surface area contributed by atoms with Gasteiger partial charge in [0.1, 0.15) is 5.82 Å². The van der Waals surface area contributed by atoms with Gasteiger partial charge in [0.25, 0.3) is 0 Å². The van der Waals surface area contributed by atoms with Gasteiger partial charge in [0.2, 0.25) is 0 Å². The third-order valence-corrected chi connectivity index (χ3v) is 3.11. The minimum atomic E-state index is -0.130. The third-order valence-electron chi connectivity index (χ3n) is 3.11. The molecule has 2 heteroatoms. The number of benzene rings is 1. The van der Waals surface area contributed by atoms with Crippen LogP contribution in [0, 0.1) is 11.7 Å². The summed E-state index contributed by atoms with van der Waals surface area (Å²) in [4.78, 5) is 0. The van der Waals surface area contributed by atoms with E-state index in [-0.39, 0.29) is 5.82 Å². The molecule has 1 aromatic rings. The molecule has 0 aliphatic rings. The second-order valence-electron chi connectivity index (χ2n) is 5.45. The average Bonchev–Trinajstić information content (AvgIpc) is 2.32. The Labute approximate surface area is 111 Å². The van der Waals surface area contributed by atoms with E-state index in [4.69, 9.17) is 0 Å². The maximum absolute atomic E-state index is 13.1. The molecule has 0 aliphatic heterocycles. The average molecular weight is 251 g/mol. The van der Waals surface area contributed by atoms with Crippen molar-refractivity contribution in [2.24, 2.45) is 5.92 Å². The SMILES string of the molecule is CCCNC(CCc1cccc(F)c1)CC(C)C. The van der Waals surface area contributed by atoms with E-state index in [1.54, 1.807) is 12.1 Å². The predicted octanol–water partition coefficient (Wildman–Crippen LogP) is 4.17. The smallest absolute Gasteiger partial charge is 0.123 e. The molecule has 0 heterocycles. The Kier molecular flexibility index (Phi) is 6.96. The van der Waals surface area contributed by atoms with E-state index in [1.807, 2.05) is 6.07 Å². The van der Waals surface area contributed by atoms with Crippen LogP contribution in [-0.4, -0.2) is 12.6 Å². The number of halogens is 1. The molecule has 0 amide bonds. The van der Waals surface area contributed by atoms with Gasteiger partial charge in [-0.25, -0.2) is 4.39 Å². The second kappa shape index (κ2) is 8.25. The zero-order valence-corrected chi connectivity index (χ0v) is 11.9. The number of aryl methyl sites for hydroxylation is 1. The molecule has 0 aromatic heterocycles. The van der Waals surface area contributed by atoms with Crippen LogP contribution in [0.4, 0.5) is 4.39 Å². The fraction of sp³-hybridized carbons (Fsp3) is 0.625. The molecule has 0 saturated carbocycles. The second-order valence-corrected chi connectivity index (χ2v) is 5.45. The maximum Gasteiger partial charge on any atom is 0.123 e. The summed E-state index contributed by atoms with van der Waals surface area (Å²) in [5.41, 5.74) is 1.10. The largest absolute Gasteiger partial charge is 0.314 e. The molecule has 1 aromatic carbocycles. The molecule has 0 radical (unpaired) electrons. The summed E-state index contributed by atoms with van der Waals surface area (Å²) >= 11 is 0. The Balaban J connectivity index is 2.44. The van der Waals surface area contributed by atoms with Gasteiger partial charge in [-0.3, -0.25) is 0 Å². The van der Waals surface area contributed by atoms with Crippen molar-refractivity contribution in [3.63, 3.8) is 0 Å². The molecule has 1 N–H and O–H groups in total. The summed E-state index contributed by atoms with van der Waals surface area (Å²) in [6.45, 7) is 7.76.